The number of aromatic nitrogens is 3. The van der Waals surface area contributed by atoms with Crippen LogP contribution < -0.4 is 10.1 Å². The van der Waals surface area contributed by atoms with Gasteiger partial charge in [0.25, 0.3) is 0 Å². The lowest BCUT2D eigenvalue weighted by atomic mass is 10.2. The lowest BCUT2D eigenvalue weighted by molar-refractivity contribution is 0.415. The Hall–Kier alpha value is -1.88. The van der Waals surface area contributed by atoms with E-state index in [9.17, 15) is 0 Å². The van der Waals surface area contributed by atoms with Crippen molar-refractivity contribution >= 4 is 0 Å². The van der Waals surface area contributed by atoms with Crippen molar-refractivity contribution in [1.29, 1.82) is 0 Å². The molecule has 1 atom stereocenters. The Bertz CT molecular complexity index is 514. The standard InChI is InChI=1S/C13H16N4O/c1-18-10-6-4-9(5-7-10)12-15-13(17-16-12)11-3-2-8-14-11/h4-7,11,14H,2-3,8H2,1H3,(H,15,16,17). The first-order valence-electron chi connectivity index (χ1n) is 6.17. The number of rotatable bonds is 3. The molecule has 0 saturated carbocycles. The van der Waals surface area contributed by atoms with Gasteiger partial charge in [-0.25, -0.2) is 4.98 Å². The van der Waals surface area contributed by atoms with Crippen molar-refractivity contribution in [1.82, 2.24) is 20.5 Å². The second-order valence-corrected chi connectivity index (χ2v) is 4.42. The largest absolute Gasteiger partial charge is 0.497 e. The van der Waals surface area contributed by atoms with Crippen LogP contribution in [-0.2, 0) is 0 Å². The van der Waals surface area contributed by atoms with Crippen molar-refractivity contribution in [2.24, 2.45) is 0 Å². The summed E-state index contributed by atoms with van der Waals surface area (Å²) in [5.74, 6) is 2.51. The van der Waals surface area contributed by atoms with Crippen LogP contribution in [0.3, 0.4) is 0 Å². The van der Waals surface area contributed by atoms with Crippen LogP contribution >= 0.6 is 0 Å². The first-order chi connectivity index (χ1) is 8.86. The normalized spacial score (nSPS) is 19.1. The van der Waals surface area contributed by atoms with Gasteiger partial charge in [0.2, 0.25) is 0 Å². The summed E-state index contributed by atoms with van der Waals surface area (Å²) in [6.07, 6.45) is 2.32. The predicted molar refractivity (Wildman–Crippen MR) is 68.3 cm³/mol. The molecule has 0 spiro atoms. The summed E-state index contributed by atoms with van der Waals surface area (Å²) in [6, 6.07) is 8.09. The second-order valence-electron chi connectivity index (χ2n) is 4.42. The summed E-state index contributed by atoms with van der Waals surface area (Å²) < 4.78 is 5.13. The summed E-state index contributed by atoms with van der Waals surface area (Å²) in [6.45, 7) is 1.06. The van der Waals surface area contributed by atoms with Crippen molar-refractivity contribution in [3.8, 4) is 17.1 Å². The van der Waals surface area contributed by atoms with Crippen LogP contribution in [0, 0.1) is 0 Å². The lowest BCUT2D eigenvalue weighted by Crippen LogP contribution is -2.14. The molecule has 2 aromatic rings. The van der Waals surface area contributed by atoms with Gasteiger partial charge >= 0.3 is 0 Å². The molecule has 1 saturated heterocycles. The number of ether oxygens (including phenoxy) is 1. The summed E-state index contributed by atoms with van der Waals surface area (Å²) >= 11 is 0. The third-order valence-corrected chi connectivity index (χ3v) is 3.24. The first kappa shape index (κ1) is 11.2. The molecule has 5 nitrogen and oxygen atoms in total. The summed E-state index contributed by atoms with van der Waals surface area (Å²) in [5.41, 5.74) is 0.997. The summed E-state index contributed by atoms with van der Waals surface area (Å²) in [4.78, 5) is 4.55. The Morgan fingerprint density at radius 1 is 1.28 bits per heavy atom. The average Bonchev–Trinajstić information content (AvgIpc) is 3.09. The Balaban J connectivity index is 1.82. The third-order valence-electron chi connectivity index (χ3n) is 3.24. The highest BCUT2D eigenvalue weighted by atomic mass is 16.5. The van der Waals surface area contributed by atoms with E-state index in [2.05, 4.69) is 20.5 Å². The lowest BCUT2D eigenvalue weighted by Gasteiger charge is -2.03. The van der Waals surface area contributed by atoms with E-state index < -0.39 is 0 Å². The zero-order valence-electron chi connectivity index (χ0n) is 10.3. The van der Waals surface area contributed by atoms with E-state index in [0.717, 1.165) is 35.9 Å². The molecule has 0 bridgehead atoms. The summed E-state index contributed by atoms with van der Waals surface area (Å²) in [5, 5.41) is 10.7. The van der Waals surface area contributed by atoms with Gasteiger partial charge in [0.1, 0.15) is 11.6 Å². The minimum absolute atomic E-state index is 0.324. The van der Waals surface area contributed by atoms with E-state index in [1.165, 1.54) is 6.42 Å². The van der Waals surface area contributed by atoms with E-state index in [4.69, 9.17) is 4.74 Å². The maximum absolute atomic E-state index is 5.13. The molecule has 1 aromatic heterocycles. The fourth-order valence-corrected chi connectivity index (χ4v) is 2.22. The number of nitrogens with one attached hydrogen (secondary N) is 2. The zero-order valence-corrected chi connectivity index (χ0v) is 10.3. The van der Waals surface area contributed by atoms with Gasteiger partial charge in [-0.2, -0.15) is 5.10 Å². The number of hydrogen-bond acceptors (Lipinski definition) is 4. The monoisotopic (exact) mass is 244 g/mol. The average molecular weight is 244 g/mol. The van der Waals surface area contributed by atoms with Crippen molar-refractivity contribution in [3.05, 3.63) is 30.1 Å². The van der Waals surface area contributed by atoms with Crippen LogP contribution in [0.4, 0.5) is 0 Å². The molecule has 2 heterocycles. The number of hydrogen-bond donors (Lipinski definition) is 2. The second kappa shape index (κ2) is 4.78. The third kappa shape index (κ3) is 2.09. The minimum atomic E-state index is 0.324. The van der Waals surface area contributed by atoms with Crippen molar-refractivity contribution in [2.45, 2.75) is 18.9 Å². The Morgan fingerprint density at radius 2 is 2.11 bits per heavy atom. The first-order valence-corrected chi connectivity index (χ1v) is 6.17. The molecule has 0 radical (unpaired) electrons. The van der Waals surface area contributed by atoms with Gasteiger partial charge in [-0.3, -0.25) is 5.10 Å². The van der Waals surface area contributed by atoms with Crippen LogP contribution in [0.25, 0.3) is 11.4 Å². The number of nitrogens with zero attached hydrogens (tertiary/aromatic N) is 2. The van der Waals surface area contributed by atoms with Gasteiger partial charge in [-0.1, -0.05) is 0 Å². The quantitative estimate of drug-likeness (QED) is 0.865. The summed E-state index contributed by atoms with van der Waals surface area (Å²) in [7, 11) is 1.66. The van der Waals surface area contributed by atoms with E-state index in [1.807, 2.05) is 24.3 Å². The Morgan fingerprint density at radius 3 is 2.78 bits per heavy atom. The highest BCUT2D eigenvalue weighted by Gasteiger charge is 2.20. The molecular formula is C13H16N4O. The maximum atomic E-state index is 5.13. The molecule has 1 aromatic carbocycles. The molecule has 2 N–H and O–H groups in total. The molecule has 94 valence electrons. The fourth-order valence-electron chi connectivity index (χ4n) is 2.22. The number of H-pyrrole nitrogens is 1. The Labute approximate surface area is 106 Å². The Kier molecular flexibility index (Phi) is 2.98. The van der Waals surface area contributed by atoms with E-state index >= 15 is 0 Å². The molecule has 5 heteroatoms. The zero-order chi connectivity index (χ0) is 12.4. The highest BCUT2D eigenvalue weighted by molar-refractivity contribution is 5.55. The van der Waals surface area contributed by atoms with Gasteiger partial charge in [-0.15, -0.1) is 0 Å². The molecule has 1 unspecified atom stereocenters. The molecule has 1 aliphatic heterocycles. The SMILES string of the molecule is COc1ccc(-c2n[nH]c(C3CCCN3)n2)cc1. The van der Waals surface area contributed by atoms with Gasteiger partial charge < -0.3 is 10.1 Å². The predicted octanol–water partition coefficient (Wildman–Crippen LogP) is 1.90. The number of aromatic amines is 1. The van der Waals surface area contributed by atoms with Gasteiger partial charge in [0, 0.05) is 5.56 Å². The highest BCUT2D eigenvalue weighted by Crippen LogP contribution is 2.23. The minimum Gasteiger partial charge on any atom is -0.497 e. The van der Waals surface area contributed by atoms with E-state index in [1.54, 1.807) is 7.11 Å². The maximum Gasteiger partial charge on any atom is 0.181 e. The topological polar surface area (TPSA) is 62.8 Å². The van der Waals surface area contributed by atoms with Crippen molar-refractivity contribution in [3.63, 3.8) is 0 Å². The van der Waals surface area contributed by atoms with Crippen LogP contribution in [0.2, 0.25) is 0 Å². The smallest absolute Gasteiger partial charge is 0.181 e. The number of benzene rings is 1. The van der Waals surface area contributed by atoms with Gasteiger partial charge in [0.05, 0.1) is 13.2 Å². The van der Waals surface area contributed by atoms with Gasteiger partial charge in [0.15, 0.2) is 5.82 Å². The fraction of sp³-hybridized carbons (Fsp3) is 0.385. The molecule has 0 aliphatic carbocycles. The van der Waals surface area contributed by atoms with Crippen molar-refractivity contribution < 1.29 is 4.74 Å². The van der Waals surface area contributed by atoms with E-state index in [0.29, 0.717) is 6.04 Å². The molecular weight excluding hydrogens is 228 g/mol. The van der Waals surface area contributed by atoms with Crippen LogP contribution in [-0.4, -0.2) is 28.8 Å². The van der Waals surface area contributed by atoms with E-state index in [-0.39, 0.29) is 0 Å². The van der Waals surface area contributed by atoms with Crippen LogP contribution in [0.15, 0.2) is 24.3 Å². The van der Waals surface area contributed by atoms with Crippen LogP contribution in [0.1, 0.15) is 24.7 Å². The molecule has 3 rings (SSSR count). The molecule has 18 heavy (non-hydrogen) atoms. The van der Waals surface area contributed by atoms with Gasteiger partial charge in [-0.05, 0) is 43.7 Å². The van der Waals surface area contributed by atoms with Crippen LogP contribution in [0.5, 0.6) is 5.75 Å². The molecule has 1 fully saturated rings. The molecule has 1 aliphatic rings. The van der Waals surface area contributed by atoms with Crippen molar-refractivity contribution in [2.75, 3.05) is 13.7 Å². The molecule has 0 amide bonds. The number of methoxy groups -OCH3 is 1.